The van der Waals surface area contributed by atoms with Crippen LogP contribution in [0.3, 0.4) is 0 Å². The second-order valence-electron chi connectivity index (χ2n) is 12.0. The lowest BCUT2D eigenvalue weighted by molar-refractivity contribution is -0.161. The summed E-state index contributed by atoms with van der Waals surface area (Å²) in [6, 6.07) is 13.8. The van der Waals surface area contributed by atoms with Crippen LogP contribution in [-0.2, 0) is 27.2 Å². The number of thiophene rings is 1. The monoisotopic (exact) mass is 727 g/mol. The first-order chi connectivity index (χ1) is 23.7. The number of hydrogen-bond donors (Lipinski definition) is 1. The molecule has 1 N–H and O–H groups in total. The number of carbonyl (C=O) groups excluding carboxylic acids is 2. The van der Waals surface area contributed by atoms with Gasteiger partial charge >= 0.3 is 11.9 Å². The number of nitrogens with zero attached hydrogens (tertiary/aromatic N) is 2. The Kier molecular flexibility index (Phi) is 11.4. The van der Waals surface area contributed by atoms with Crippen LogP contribution in [0.2, 0.25) is 10.0 Å². The first kappa shape index (κ1) is 35.1. The maximum atomic E-state index is 15.0. The van der Waals surface area contributed by atoms with E-state index < -0.39 is 29.9 Å². The van der Waals surface area contributed by atoms with E-state index in [1.165, 1.54) is 44.0 Å². The average molecular weight is 729 g/mol. The predicted octanol–water partition coefficient (Wildman–Crippen LogP) is 7.22. The molecular formula is C36H36Cl2FN3O6S. The average Bonchev–Trinajstić information content (AvgIpc) is 3.59. The van der Waals surface area contributed by atoms with Gasteiger partial charge in [0.1, 0.15) is 28.9 Å². The molecule has 7 rings (SSSR count). The molecule has 0 saturated carbocycles. The van der Waals surface area contributed by atoms with Crippen molar-refractivity contribution in [1.82, 2.24) is 15.2 Å². The number of hydrogen-bond acceptors (Lipinski definition) is 10. The Morgan fingerprint density at radius 3 is 2.43 bits per heavy atom. The smallest absolute Gasteiger partial charge is 0.348 e. The third-order valence-corrected chi connectivity index (χ3v) is 10.7. The minimum absolute atomic E-state index is 0.174. The molecule has 5 heterocycles. The zero-order valence-corrected chi connectivity index (χ0v) is 29.3. The van der Waals surface area contributed by atoms with Crippen molar-refractivity contribution < 1.29 is 32.9 Å². The normalized spacial score (nSPS) is 19.6. The molecule has 1 unspecified atom stereocenters. The van der Waals surface area contributed by atoms with E-state index in [1.807, 2.05) is 0 Å². The van der Waals surface area contributed by atoms with Crippen molar-refractivity contribution in [1.29, 1.82) is 0 Å². The maximum absolute atomic E-state index is 15.0. The van der Waals surface area contributed by atoms with Crippen LogP contribution in [0.1, 0.15) is 56.2 Å². The number of carbonyl (C=O) groups is 2. The fourth-order valence-electron chi connectivity index (χ4n) is 6.36. The van der Waals surface area contributed by atoms with Crippen LogP contribution < -0.4 is 14.8 Å². The number of halogens is 3. The first-order valence-electron chi connectivity index (χ1n) is 15.9. The third kappa shape index (κ3) is 8.19. The van der Waals surface area contributed by atoms with Gasteiger partial charge in [-0.3, -0.25) is 15.2 Å². The summed E-state index contributed by atoms with van der Waals surface area (Å²) in [5, 5.41) is 3.87. The Morgan fingerprint density at radius 1 is 1.02 bits per heavy atom. The Morgan fingerprint density at radius 2 is 1.76 bits per heavy atom. The van der Waals surface area contributed by atoms with Gasteiger partial charge in [-0.15, -0.1) is 11.3 Å². The summed E-state index contributed by atoms with van der Waals surface area (Å²) in [6.45, 7) is 2.91. The molecule has 4 aromatic rings. The molecular weight excluding hydrogens is 692 g/mol. The predicted molar refractivity (Wildman–Crippen MR) is 185 cm³/mol. The van der Waals surface area contributed by atoms with Crippen LogP contribution >= 0.6 is 34.5 Å². The summed E-state index contributed by atoms with van der Waals surface area (Å²) in [6.07, 6.45) is 4.10. The number of piperidine rings is 3. The van der Waals surface area contributed by atoms with Crippen molar-refractivity contribution in [2.24, 2.45) is 5.92 Å². The minimum Gasteiger partial charge on any atom is -0.493 e. The quantitative estimate of drug-likeness (QED) is 0.143. The van der Waals surface area contributed by atoms with Gasteiger partial charge in [0.05, 0.1) is 24.3 Å². The summed E-state index contributed by atoms with van der Waals surface area (Å²) < 4.78 is 37.9. The van der Waals surface area contributed by atoms with Gasteiger partial charge in [0.25, 0.3) is 0 Å². The summed E-state index contributed by atoms with van der Waals surface area (Å²) in [5.74, 6) is -0.288. The van der Waals surface area contributed by atoms with Crippen molar-refractivity contribution in [2.75, 3.05) is 33.9 Å². The fourth-order valence-corrected chi connectivity index (χ4v) is 7.72. The van der Waals surface area contributed by atoms with E-state index in [-0.39, 0.29) is 24.6 Å². The van der Waals surface area contributed by atoms with Crippen LogP contribution in [0.4, 0.5) is 4.39 Å². The third-order valence-electron chi connectivity index (χ3n) is 9.03. The van der Waals surface area contributed by atoms with Crippen LogP contribution in [-0.4, -0.2) is 61.8 Å². The molecule has 2 aromatic carbocycles. The molecule has 0 spiro atoms. The van der Waals surface area contributed by atoms with Gasteiger partial charge in [0.2, 0.25) is 0 Å². The number of esters is 2. The summed E-state index contributed by atoms with van der Waals surface area (Å²) in [7, 11) is 3.06. The number of fused-ring (bicyclic) bond motifs is 3. The van der Waals surface area contributed by atoms with Crippen molar-refractivity contribution in [2.45, 2.75) is 44.1 Å². The Bertz CT molecular complexity index is 1780. The number of rotatable bonds is 13. The lowest BCUT2D eigenvalue weighted by atomic mass is 9.86. The molecule has 258 valence electrons. The lowest BCUT2D eigenvalue weighted by Crippen LogP contribution is -2.52. The second kappa shape index (κ2) is 15.9. The van der Waals surface area contributed by atoms with Gasteiger partial charge in [0, 0.05) is 42.3 Å². The number of pyridine rings is 1. The molecule has 3 fully saturated rings. The molecule has 3 aliphatic rings. The van der Waals surface area contributed by atoms with Crippen LogP contribution in [0.15, 0.2) is 67.0 Å². The molecule has 13 heteroatoms. The molecule has 3 atom stereocenters. The van der Waals surface area contributed by atoms with E-state index >= 15 is 0 Å². The SMILES string of the molecule is COc1ccc([C@H](Cc2c(Cl)cncc2Cl)OC(=O)c2ccc(CNC(C(=O)O[C@H]3CN4CCC3CC4)c3ccccc3F)s2)cc1OC. The first-order valence-corrected chi connectivity index (χ1v) is 17.5. The Balaban J connectivity index is 1.18. The molecule has 2 aromatic heterocycles. The molecule has 0 aliphatic carbocycles. The highest BCUT2D eigenvalue weighted by Crippen LogP contribution is 2.36. The highest BCUT2D eigenvalue weighted by molar-refractivity contribution is 7.13. The van der Waals surface area contributed by atoms with Crippen LogP contribution in [0.5, 0.6) is 11.5 Å². The number of aromatic nitrogens is 1. The topological polar surface area (TPSA) is 99.2 Å². The number of nitrogens with one attached hydrogen (secondary N) is 1. The van der Waals surface area contributed by atoms with Crippen molar-refractivity contribution >= 4 is 46.5 Å². The summed E-state index contributed by atoms with van der Waals surface area (Å²) in [5.41, 5.74) is 1.42. The van der Waals surface area contributed by atoms with Gasteiger partial charge in [-0.2, -0.15) is 0 Å². The highest BCUT2D eigenvalue weighted by atomic mass is 35.5. The van der Waals surface area contributed by atoms with Crippen molar-refractivity contribution in [3.05, 3.63) is 109 Å². The van der Waals surface area contributed by atoms with Crippen molar-refractivity contribution in [3.8, 4) is 11.5 Å². The van der Waals surface area contributed by atoms with Gasteiger partial charge < -0.3 is 18.9 Å². The van der Waals surface area contributed by atoms with Gasteiger partial charge in [-0.25, -0.2) is 14.0 Å². The largest absolute Gasteiger partial charge is 0.493 e. The van der Waals surface area contributed by atoms with E-state index in [9.17, 15) is 14.0 Å². The van der Waals surface area contributed by atoms with Crippen LogP contribution in [0.25, 0.3) is 0 Å². The minimum atomic E-state index is -1.03. The summed E-state index contributed by atoms with van der Waals surface area (Å²) in [4.78, 5) is 34.5. The van der Waals surface area contributed by atoms with E-state index in [0.717, 1.165) is 30.8 Å². The Hall–Kier alpha value is -3.74. The molecule has 2 bridgehead atoms. The van der Waals surface area contributed by atoms with Gasteiger partial charge in [-0.05, 0) is 73.3 Å². The van der Waals surface area contributed by atoms with E-state index in [4.69, 9.17) is 42.1 Å². The number of methoxy groups -OCH3 is 2. The fraction of sp³-hybridized carbons (Fsp3) is 0.361. The molecule has 0 radical (unpaired) electrons. The highest BCUT2D eigenvalue weighted by Gasteiger charge is 2.38. The maximum Gasteiger partial charge on any atom is 0.348 e. The van der Waals surface area contributed by atoms with Gasteiger partial charge in [0.15, 0.2) is 11.5 Å². The van der Waals surface area contributed by atoms with E-state index in [2.05, 4.69) is 15.2 Å². The standard InChI is InChI=1S/C36H36Cl2FN3O6S/c1-45-29-9-7-22(15-31(29)46-2)30(16-25-26(37)18-40-19-27(25)38)47-35(43)33-10-8-23(49-33)17-41-34(24-5-3-4-6-28(24)39)36(44)48-32-20-42-13-11-21(32)12-14-42/h3-10,15,18-19,21,30,32,34,41H,11-14,16-17,20H2,1-2H3/t30-,32-,34?/m0/s1. The molecule has 0 amide bonds. The number of ether oxygens (including phenoxy) is 4. The second-order valence-corrected chi connectivity index (χ2v) is 14.0. The lowest BCUT2D eigenvalue weighted by Gasteiger charge is -2.44. The molecule has 3 saturated heterocycles. The molecule has 9 nitrogen and oxygen atoms in total. The van der Waals surface area contributed by atoms with Gasteiger partial charge in [-0.1, -0.05) is 47.5 Å². The summed E-state index contributed by atoms with van der Waals surface area (Å²) >= 11 is 14.1. The van der Waals surface area contributed by atoms with E-state index in [1.54, 1.807) is 48.5 Å². The van der Waals surface area contributed by atoms with E-state index in [0.29, 0.717) is 50.0 Å². The van der Waals surface area contributed by atoms with Crippen LogP contribution in [0, 0.1) is 11.7 Å². The Labute approximate surface area is 298 Å². The zero-order chi connectivity index (χ0) is 34.5. The molecule has 49 heavy (non-hydrogen) atoms. The van der Waals surface area contributed by atoms with Crippen molar-refractivity contribution in [3.63, 3.8) is 0 Å². The number of benzene rings is 2. The molecule has 3 aliphatic heterocycles. The zero-order valence-electron chi connectivity index (χ0n) is 27.0.